The van der Waals surface area contributed by atoms with Crippen molar-refractivity contribution in [2.24, 2.45) is 0 Å². The van der Waals surface area contributed by atoms with E-state index in [0.717, 1.165) is 11.1 Å². The van der Waals surface area contributed by atoms with Gasteiger partial charge in [0, 0.05) is 12.5 Å². The van der Waals surface area contributed by atoms with Crippen LogP contribution >= 0.6 is 0 Å². The zero-order chi connectivity index (χ0) is 20.6. The average molecular weight is 413 g/mol. The molecule has 1 amide bonds. The zero-order valence-corrected chi connectivity index (χ0v) is 17.0. The van der Waals surface area contributed by atoms with E-state index in [9.17, 15) is 18.3 Å². The van der Waals surface area contributed by atoms with Crippen LogP contribution in [-0.2, 0) is 14.8 Å². The van der Waals surface area contributed by atoms with Crippen LogP contribution in [0.25, 0.3) is 6.08 Å². The summed E-state index contributed by atoms with van der Waals surface area (Å²) in [6.45, 7) is 1.84. The molecule has 2 saturated heterocycles. The van der Waals surface area contributed by atoms with Crippen molar-refractivity contribution in [1.82, 2.24) is 9.21 Å². The van der Waals surface area contributed by atoms with Crippen LogP contribution in [0, 0.1) is 0 Å². The molecule has 2 aliphatic heterocycles. The van der Waals surface area contributed by atoms with Gasteiger partial charge in [-0.2, -0.15) is 4.31 Å². The van der Waals surface area contributed by atoms with E-state index >= 15 is 0 Å². The first kappa shape index (κ1) is 19.8. The first-order valence-electron chi connectivity index (χ1n) is 9.67. The molecule has 0 bridgehead atoms. The lowest BCUT2D eigenvalue weighted by molar-refractivity contribution is -0.158. The SMILES string of the molecule is CC=Cc1ccc([C@H]2[C@H]3CN(S(=O)(=O)c4ccccc4)CC(=O)N3[C@H]2CO)cc1. The Labute approximate surface area is 171 Å². The second-order valence-corrected chi connectivity index (χ2v) is 9.36. The summed E-state index contributed by atoms with van der Waals surface area (Å²) in [5.74, 6) is -0.362. The molecule has 2 heterocycles. The fourth-order valence-corrected chi connectivity index (χ4v) is 5.84. The molecule has 2 fully saturated rings. The number of aliphatic hydroxyl groups is 1. The maximum atomic E-state index is 13.0. The third kappa shape index (κ3) is 3.39. The summed E-state index contributed by atoms with van der Waals surface area (Å²) in [5.41, 5.74) is 2.08. The van der Waals surface area contributed by atoms with Crippen molar-refractivity contribution in [1.29, 1.82) is 0 Å². The summed E-state index contributed by atoms with van der Waals surface area (Å²) < 4.78 is 27.3. The highest BCUT2D eigenvalue weighted by Crippen LogP contribution is 2.43. The van der Waals surface area contributed by atoms with Crippen LogP contribution in [0.15, 0.2) is 65.6 Å². The molecular formula is C22H24N2O4S. The maximum Gasteiger partial charge on any atom is 0.243 e. The molecule has 7 heteroatoms. The number of hydrogen-bond acceptors (Lipinski definition) is 4. The number of sulfonamides is 1. The number of nitrogens with zero attached hydrogens (tertiary/aromatic N) is 2. The fraction of sp³-hybridized carbons (Fsp3) is 0.318. The topological polar surface area (TPSA) is 77.9 Å². The summed E-state index contributed by atoms with van der Waals surface area (Å²) in [4.78, 5) is 14.6. The molecule has 2 aromatic carbocycles. The van der Waals surface area contributed by atoms with Gasteiger partial charge in [-0.25, -0.2) is 8.42 Å². The largest absolute Gasteiger partial charge is 0.394 e. The van der Waals surface area contributed by atoms with Gasteiger partial charge in [0.25, 0.3) is 0 Å². The number of amides is 1. The highest BCUT2D eigenvalue weighted by Gasteiger charge is 2.55. The number of benzene rings is 2. The smallest absolute Gasteiger partial charge is 0.243 e. The Bertz CT molecular complexity index is 1020. The van der Waals surface area contributed by atoms with E-state index in [0.29, 0.717) is 0 Å². The summed E-state index contributed by atoms with van der Waals surface area (Å²) in [5, 5.41) is 9.88. The summed E-state index contributed by atoms with van der Waals surface area (Å²) in [6, 6.07) is 15.6. The number of carbonyl (C=O) groups is 1. The van der Waals surface area contributed by atoms with E-state index in [1.165, 1.54) is 4.31 Å². The standard InChI is InChI=1S/C22H24N2O4S/c1-2-6-16-9-11-17(12-10-16)22-19-13-23(14-21(26)24(19)20(22)15-25)29(27,28)18-7-4-3-5-8-18/h2-12,19-20,22,25H,13-15H2,1H3/t19-,20+,22+/m1/s1. The summed E-state index contributed by atoms with van der Waals surface area (Å²) in [6.07, 6.45) is 3.96. The van der Waals surface area contributed by atoms with Gasteiger partial charge in [-0.3, -0.25) is 4.79 Å². The van der Waals surface area contributed by atoms with Gasteiger partial charge in [0.15, 0.2) is 0 Å². The van der Waals surface area contributed by atoms with E-state index in [4.69, 9.17) is 0 Å². The van der Waals surface area contributed by atoms with E-state index in [2.05, 4.69) is 0 Å². The molecule has 2 aromatic rings. The quantitative estimate of drug-likeness (QED) is 0.816. The number of rotatable bonds is 5. The van der Waals surface area contributed by atoms with Crippen LogP contribution in [0.3, 0.4) is 0 Å². The Balaban J connectivity index is 1.62. The molecule has 0 saturated carbocycles. The third-order valence-electron chi connectivity index (χ3n) is 5.78. The van der Waals surface area contributed by atoms with Crippen LogP contribution < -0.4 is 0 Å². The molecule has 0 radical (unpaired) electrons. The molecule has 0 spiro atoms. The molecule has 3 atom stereocenters. The van der Waals surface area contributed by atoms with Crippen molar-refractivity contribution < 1.29 is 18.3 Å². The minimum atomic E-state index is -3.75. The molecule has 6 nitrogen and oxygen atoms in total. The first-order chi connectivity index (χ1) is 14.0. The van der Waals surface area contributed by atoms with Crippen LogP contribution in [0.5, 0.6) is 0 Å². The molecular weight excluding hydrogens is 388 g/mol. The Morgan fingerprint density at radius 2 is 1.79 bits per heavy atom. The number of allylic oxidation sites excluding steroid dienone is 1. The second kappa shape index (κ2) is 7.74. The lowest BCUT2D eigenvalue weighted by Gasteiger charge is -2.58. The number of carbonyl (C=O) groups excluding carboxylic acids is 1. The van der Waals surface area contributed by atoms with Crippen molar-refractivity contribution in [3.63, 3.8) is 0 Å². The van der Waals surface area contributed by atoms with Crippen molar-refractivity contribution in [2.45, 2.75) is 29.8 Å². The van der Waals surface area contributed by atoms with E-state index < -0.39 is 10.0 Å². The lowest BCUT2D eigenvalue weighted by atomic mass is 9.74. The normalized spacial score (nSPS) is 25.1. The van der Waals surface area contributed by atoms with Crippen molar-refractivity contribution in [3.05, 3.63) is 71.8 Å². The van der Waals surface area contributed by atoms with Crippen LogP contribution in [0.2, 0.25) is 0 Å². The third-order valence-corrected chi connectivity index (χ3v) is 7.61. The molecule has 0 aromatic heterocycles. The van der Waals surface area contributed by atoms with Crippen LogP contribution in [-0.4, -0.2) is 60.4 Å². The molecule has 1 N–H and O–H groups in total. The molecule has 29 heavy (non-hydrogen) atoms. The minimum absolute atomic E-state index is 0.0996. The van der Waals surface area contributed by atoms with Gasteiger partial charge in [-0.15, -0.1) is 0 Å². The predicted molar refractivity (Wildman–Crippen MR) is 111 cm³/mol. The number of hydrogen-bond donors (Lipinski definition) is 1. The number of piperazine rings is 1. The molecule has 152 valence electrons. The van der Waals surface area contributed by atoms with Crippen molar-refractivity contribution in [2.75, 3.05) is 19.7 Å². The molecule has 0 aliphatic carbocycles. The fourth-order valence-electron chi connectivity index (χ4n) is 4.42. The number of fused-ring (bicyclic) bond motifs is 1. The first-order valence-corrected chi connectivity index (χ1v) is 11.1. The molecule has 2 aliphatic rings. The van der Waals surface area contributed by atoms with Gasteiger partial charge in [0.1, 0.15) is 0 Å². The van der Waals surface area contributed by atoms with Crippen LogP contribution in [0.1, 0.15) is 24.0 Å². The van der Waals surface area contributed by atoms with E-state index in [1.807, 2.05) is 43.3 Å². The van der Waals surface area contributed by atoms with Gasteiger partial charge in [-0.05, 0) is 30.2 Å². The van der Waals surface area contributed by atoms with Gasteiger partial charge in [-0.1, -0.05) is 54.6 Å². The predicted octanol–water partition coefficient (Wildman–Crippen LogP) is 2.08. The summed E-state index contributed by atoms with van der Waals surface area (Å²) in [7, 11) is -3.75. The Hall–Kier alpha value is -2.48. The van der Waals surface area contributed by atoms with Gasteiger partial charge in [0.05, 0.1) is 30.1 Å². The number of aliphatic hydroxyl groups excluding tert-OH is 1. The van der Waals surface area contributed by atoms with Gasteiger partial charge < -0.3 is 10.0 Å². The van der Waals surface area contributed by atoms with Crippen molar-refractivity contribution >= 4 is 22.0 Å². The monoisotopic (exact) mass is 412 g/mol. The Kier molecular flexibility index (Phi) is 5.29. The molecule has 0 unspecified atom stereocenters. The van der Waals surface area contributed by atoms with Gasteiger partial charge in [0.2, 0.25) is 15.9 Å². The Morgan fingerprint density at radius 3 is 2.41 bits per heavy atom. The van der Waals surface area contributed by atoms with Crippen LogP contribution in [0.4, 0.5) is 0 Å². The van der Waals surface area contributed by atoms with Gasteiger partial charge >= 0.3 is 0 Å². The highest BCUT2D eigenvalue weighted by atomic mass is 32.2. The minimum Gasteiger partial charge on any atom is -0.394 e. The van der Waals surface area contributed by atoms with E-state index in [-0.39, 0.29) is 48.5 Å². The highest BCUT2D eigenvalue weighted by molar-refractivity contribution is 7.89. The second-order valence-electron chi connectivity index (χ2n) is 7.42. The molecule has 4 rings (SSSR count). The zero-order valence-electron chi connectivity index (χ0n) is 16.2. The maximum absolute atomic E-state index is 13.0. The Morgan fingerprint density at radius 1 is 1.10 bits per heavy atom. The average Bonchev–Trinajstić information content (AvgIpc) is 2.71. The lowest BCUT2D eigenvalue weighted by Crippen LogP contribution is -2.73. The van der Waals surface area contributed by atoms with Crippen molar-refractivity contribution in [3.8, 4) is 0 Å². The summed E-state index contributed by atoms with van der Waals surface area (Å²) >= 11 is 0. The van der Waals surface area contributed by atoms with E-state index in [1.54, 1.807) is 35.2 Å².